The molecule has 1 heterocycles. The monoisotopic (exact) mass is 253 g/mol. The Morgan fingerprint density at radius 1 is 1.39 bits per heavy atom. The largest absolute Gasteiger partial charge is 0.464 e. The van der Waals surface area contributed by atoms with Crippen molar-refractivity contribution in [2.75, 3.05) is 30.4 Å². The third-order valence-electron chi connectivity index (χ3n) is 3.01. The molecule has 1 aliphatic carbocycles. The fourth-order valence-electron chi connectivity index (χ4n) is 1.94. The van der Waals surface area contributed by atoms with Crippen molar-refractivity contribution in [1.29, 1.82) is 0 Å². The van der Waals surface area contributed by atoms with Crippen LogP contribution in [0.2, 0.25) is 0 Å². The molecule has 1 saturated carbocycles. The summed E-state index contributed by atoms with van der Waals surface area (Å²) in [5.74, 6) is 0.635. The number of nitrogens with two attached hydrogens (primary N) is 1. The van der Waals surface area contributed by atoms with Crippen LogP contribution in [0.15, 0.2) is 0 Å². The first-order valence-corrected chi connectivity index (χ1v) is 6.26. The Balaban J connectivity index is 2.22. The molecule has 0 amide bonds. The van der Waals surface area contributed by atoms with Crippen molar-refractivity contribution in [3.8, 4) is 6.01 Å². The summed E-state index contributed by atoms with van der Waals surface area (Å²) in [4.78, 5) is 14.3. The molecule has 1 aromatic rings. The van der Waals surface area contributed by atoms with E-state index < -0.39 is 0 Å². The molecule has 0 bridgehead atoms. The highest BCUT2D eigenvalue weighted by atomic mass is 16.5. The van der Waals surface area contributed by atoms with E-state index >= 15 is 0 Å². The third-order valence-corrected chi connectivity index (χ3v) is 3.01. The van der Waals surface area contributed by atoms with E-state index in [1.807, 2.05) is 11.8 Å². The molecule has 1 aliphatic rings. The summed E-state index contributed by atoms with van der Waals surface area (Å²) in [5.41, 5.74) is 5.65. The van der Waals surface area contributed by atoms with Crippen molar-refractivity contribution >= 4 is 11.9 Å². The second kappa shape index (κ2) is 5.81. The van der Waals surface area contributed by atoms with Crippen molar-refractivity contribution in [2.45, 2.75) is 32.2 Å². The van der Waals surface area contributed by atoms with E-state index in [1.54, 1.807) is 0 Å². The predicted octanol–water partition coefficient (Wildman–Crippen LogP) is 0.204. The van der Waals surface area contributed by atoms with Crippen LogP contribution in [0, 0.1) is 0 Å². The second-order valence-corrected chi connectivity index (χ2v) is 4.21. The van der Waals surface area contributed by atoms with Gasteiger partial charge in [-0.2, -0.15) is 15.0 Å². The van der Waals surface area contributed by atoms with Crippen LogP contribution in [0.25, 0.3) is 0 Å². The number of ether oxygens (including phenoxy) is 1. The fraction of sp³-hybridized carbons (Fsp3) is 0.727. The number of anilines is 2. The van der Waals surface area contributed by atoms with Crippen molar-refractivity contribution in [3.63, 3.8) is 0 Å². The lowest BCUT2D eigenvalue weighted by molar-refractivity contribution is 0.280. The second-order valence-electron chi connectivity index (χ2n) is 4.21. The van der Waals surface area contributed by atoms with Crippen molar-refractivity contribution in [1.82, 2.24) is 15.0 Å². The molecule has 0 atom stereocenters. The van der Waals surface area contributed by atoms with Gasteiger partial charge >= 0.3 is 6.01 Å². The Hall–Kier alpha value is -1.63. The molecule has 1 fully saturated rings. The van der Waals surface area contributed by atoms with E-state index in [1.165, 1.54) is 6.42 Å². The Kier molecular flexibility index (Phi) is 4.14. The minimum Gasteiger partial charge on any atom is -0.464 e. The van der Waals surface area contributed by atoms with Crippen LogP contribution in [-0.2, 0) is 0 Å². The lowest BCUT2D eigenvalue weighted by Crippen LogP contribution is -2.43. The zero-order valence-electron chi connectivity index (χ0n) is 10.5. The molecule has 18 heavy (non-hydrogen) atoms. The number of aliphatic hydroxyl groups excluding tert-OH is 1. The highest BCUT2D eigenvalue weighted by Crippen LogP contribution is 2.28. The molecular weight excluding hydrogens is 234 g/mol. The molecule has 100 valence electrons. The Morgan fingerprint density at radius 3 is 2.72 bits per heavy atom. The number of nitrogens with zero attached hydrogens (tertiary/aromatic N) is 4. The molecule has 7 nitrogen and oxygen atoms in total. The quantitative estimate of drug-likeness (QED) is 0.747. The highest BCUT2D eigenvalue weighted by Gasteiger charge is 2.27. The van der Waals surface area contributed by atoms with Crippen molar-refractivity contribution < 1.29 is 9.84 Å². The number of rotatable bonds is 6. The first-order chi connectivity index (χ1) is 8.74. The molecule has 0 spiro atoms. The highest BCUT2D eigenvalue weighted by molar-refractivity contribution is 5.37. The maximum absolute atomic E-state index is 9.13. The van der Waals surface area contributed by atoms with Crippen LogP contribution in [-0.4, -0.2) is 45.9 Å². The van der Waals surface area contributed by atoms with Gasteiger partial charge in [0.1, 0.15) is 0 Å². The van der Waals surface area contributed by atoms with Gasteiger partial charge in [0.2, 0.25) is 11.9 Å². The summed E-state index contributed by atoms with van der Waals surface area (Å²) in [7, 11) is 0. The van der Waals surface area contributed by atoms with E-state index in [9.17, 15) is 0 Å². The first-order valence-electron chi connectivity index (χ1n) is 6.26. The summed E-state index contributed by atoms with van der Waals surface area (Å²) in [6.45, 7) is 2.90. The normalized spacial score (nSPS) is 15.2. The molecule has 3 N–H and O–H groups in total. The molecule has 0 unspecified atom stereocenters. The average Bonchev–Trinajstić information content (AvgIpc) is 2.25. The summed E-state index contributed by atoms with van der Waals surface area (Å²) < 4.78 is 5.26. The van der Waals surface area contributed by atoms with Gasteiger partial charge in [0, 0.05) is 12.6 Å². The Labute approximate surface area is 106 Å². The van der Waals surface area contributed by atoms with Gasteiger partial charge in [0.25, 0.3) is 0 Å². The molecule has 0 saturated heterocycles. The fourth-order valence-corrected chi connectivity index (χ4v) is 1.94. The zero-order valence-corrected chi connectivity index (χ0v) is 10.5. The predicted molar refractivity (Wildman–Crippen MR) is 67.5 cm³/mol. The van der Waals surface area contributed by atoms with Crippen LogP contribution in [0.5, 0.6) is 6.01 Å². The molecule has 0 radical (unpaired) electrons. The number of hydrogen-bond acceptors (Lipinski definition) is 7. The minimum atomic E-state index is 0.0616. The van der Waals surface area contributed by atoms with E-state index in [0.29, 0.717) is 25.1 Å². The molecule has 0 aliphatic heterocycles. The van der Waals surface area contributed by atoms with Gasteiger partial charge in [-0.3, -0.25) is 0 Å². The van der Waals surface area contributed by atoms with Crippen LogP contribution in [0.1, 0.15) is 26.2 Å². The van der Waals surface area contributed by atoms with Gasteiger partial charge in [-0.25, -0.2) is 0 Å². The van der Waals surface area contributed by atoms with Gasteiger partial charge in [-0.1, -0.05) is 0 Å². The van der Waals surface area contributed by atoms with Gasteiger partial charge in [-0.15, -0.1) is 0 Å². The average molecular weight is 253 g/mol. The van der Waals surface area contributed by atoms with Gasteiger partial charge < -0.3 is 20.5 Å². The Bertz CT molecular complexity index is 397. The van der Waals surface area contributed by atoms with E-state index in [-0.39, 0.29) is 18.6 Å². The lowest BCUT2D eigenvalue weighted by Gasteiger charge is -2.37. The summed E-state index contributed by atoms with van der Waals surface area (Å²) in [6, 6.07) is 0.621. The molecule has 0 aromatic carbocycles. The van der Waals surface area contributed by atoms with Gasteiger partial charge in [0.05, 0.1) is 13.2 Å². The zero-order chi connectivity index (χ0) is 13.0. The van der Waals surface area contributed by atoms with Crippen LogP contribution < -0.4 is 15.4 Å². The van der Waals surface area contributed by atoms with E-state index in [0.717, 1.165) is 12.8 Å². The number of nitrogen functional groups attached to an aromatic ring is 1. The van der Waals surface area contributed by atoms with Crippen LogP contribution in [0.4, 0.5) is 11.9 Å². The summed E-state index contributed by atoms with van der Waals surface area (Å²) in [6.07, 6.45) is 3.39. The smallest absolute Gasteiger partial charge is 0.323 e. The van der Waals surface area contributed by atoms with E-state index in [2.05, 4.69) is 15.0 Å². The van der Waals surface area contributed by atoms with E-state index in [4.69, 9.17) is 15.6 Å². The topological polar surface area (TPSA) is 97.4 Å². The standard InChI is InChI=1S/C11H19N5O2/c1-2-18-11-14-9(12)13-10(15-11)16(6-7-17)8-4-3-5-8/h8,17H,2-7H2,1H3,(H2,12,13,14,15). The minimum absolute atomic E-state index is 0.0616. The maximum atomic E-state index is 9.13. The SMILES string of the molecule is CCOc1nc(N)nc(N(CCO)C2CCC2)n1. The van der Waals surface area contributed by atoms with Gasteiger partial charge in [0.15, 0.2) is 0 Å². The summed E-state index contributed by atoms with van der Waals surface area (Å²) >= 11 is 0. The van der Waals surface area contributed by atoms with Crippen LogP contribution >= 0.6 is 0 Å². The molecule has 7 heteroatoms. The van der Waals surface area contributed by atoms with Crippen molar-refractivity contribution in [2.24, 2.45) is 0 Å². The number of aromatic nitrogens is 3. The first kappa shape index (κ1) is 12.8. The third kappa shape index (κ3) is 2.79. The number of aliphatic hydroxyl groups is 1. The number of hydrogen-bond donors (Lipinski definition) is 2. The van der Waals surface area contributed by atoms with Gasteiger partial charge in [-0.05, 0) is 26.2 Å². The molecular formula is C11H19N5O2. The lowest BCUT2D eigenvalue weighted by atomic mass is 9.92. The molecule has 2 rings (SSSR count). The van der Waals surface area contributed by atoms with Crippen molar-refractivity contribution in [3.05, 3.63) is 0 Å². The Morgan fingerprint density at radius 2 is 2.17 bits per heavy atom. The maximum Gasteiger partial charge on any atom is 0.323 e. The summed E-state index contributed by atoms with van der Waals surface area (Å²) in [5, 5.41) is 9.13. The molecule has 1 aromatic heterocycles. The van der Waals surface area contributed by atoms with Crippen LogP contribution in [0.3, 0.4) is 0 Å².